The third-order valence-electron chi connectivity index (χ3n) is 7.13. The number of pyridine rings is 2. The fraction of sp³-hybridized carbons (Fsp3) is 0.0714. The van der Waals surface area contributed by atoms with E-state index in [1.165, 1.54) is 60.7 Å². The predicted molar refractivity (Wildman–Crippen MR) is 124 cm³/mol. The minimum absolute atomic E-state index is 0.970. The summed E-state index contributed by atoms with van der Waals surface area (Å²) in [5, 5.41) is 3.67. The van der Waals surface area contributed by atoms with Crippen molar-refractivity contribution in [2.75, 3.05) is 0 Å². The van der Waals surface area contributed by atoms with E-state index in [0.717, 1.165) is 24.1 Å². The Morgan fingerprint density at radius 2 is 1.39 bits per heavy atom. The van der Waals surface area contributed by atoms with Crippen LogP contribution in [0.3, 0.4) is 0 Å². The van der Waals surface area contributed by atoms with E-state index in [1.807, 2.05) is 24.7 Å². The molecule has 0 fully saturated rings. The summed E-state index contributed by atoms with van der Waals surface area (Å²) in [4.78, 5) is 9.41. The lowest BCUT2D eigenvalue weighted by Gasteiger charge is -2.13. The molecule has 0 atom stereocenters. The van der Waals surface area contributed by atoms with Crippen LogP contribution in [0.25, 0.3) is 49.7 Å². The minimum atomic E-state index is 0.970. The predicted octanol–water partition coefficient (Wildman–Crippen LogP) is 6.18. The van der Waals surface area contributed by atoms with Gasteiger partial charge in [0.05, 0.1) is 0 Å². The minimum Gasteiger partial charge on any atom is -0.283 e. The van der Waals surface area contributed by atoms with Crippen molar-refractivity contribution in [3.05, 3.63) is 102 Å². The van der Waals surface area contributed by atoms with E-state index < -0.39 is 0 Å². The van der Waals surface area contributed by atoms with Gasteiger partial charge in [-0.3, -0.25) is 4.40 Å². The lowest BCUT2D eigenvalue weighted by Crippen LogP contribution is -1.95. The summed E-state index contributed by atoms with van der Waals surface area (Å²) in [6.45, 7) is 0. The van der Waals surface area contributed by atoms with Crippen molar-refractivity contribution in [3.63, 3.8) is 0 Å². The lowest BCUT2D eigenvalue weighted by molar-refractivity contribution is 1.20. The van der Waals surface area contributed by atoms with Gasteiger partial charge in [0.2, 0.25) is 0 Å². The summed E-state index contributed by atoms with van der Waals surface area (Å²) >= 11 is 0. The molecule has 0 aliphatic heterocycles. The van der Waals surface area contributed by atoms with Crippen LogP contribution in [0.2, 0.25) is 0 Å². The van der Waals surface area contributed by atoms with Gasteiger partial charge in [0.25, 0.3) is 0 Å². The number of aromatic nitrogens is 3. The Balaban J connectivity index is 1.51. The Hall–Kier alpha value is -3.98. The molecule has 0 saturated heterocycles. The molecule has 0 spiro atoms. The number of imidazole rings is 1. The molecule has 3 aromatic heterocycles. The van der Waals surface area contributed by atoms with Crippen molar-refractivity contribution in [1.82, 2.24) is 14.4 Å². The van der Waals surface area contributed by atoms with Crippen molar-refractivity contribution in [2.45, 2.75) is 12.8 Å². The molecule has 0 radical (unpaired) electrons. The van der Waals surface area contributed by atoms with Crippen molar-refractivity contribution < 1.29 is 0 Å². The molecule has 2 aliphatic rings. The fourth-order valence-electron chi connectivity index (χ4n) is 5.84. The van der Waals surface area contributed by atoms with E-state index in [1.54, 1.807) is 0 Å². The maximum absolute atomic E-state index is 4.72. The normalized spacial score (nSPS) is 13.5. The van der Waals surface area contributed by atoms with Crippen LogP contribution in [0.5, 0.6) is 0 Å². The molecule has 0 unspecified atom stereocenters. The van der Waals surface area contributed by atoms with Crippen LogP contribution in [0.1, 0.15) is 22.3 Å². The topological polar surface area (TPSA) is 30.2 Å². The summed E-state index contributed by atoms with van der Waals surface area (Å²) < 4.78 is 2.11. The standard InChI is InChI=1S/C28H17N3/c1-2-5-20-16(4-1)12-18-15-24-19(14-23(18)20)13-17-7-8-22-26(25(17)24)21-6-3-9-29-27(21)31-11-10-30-28(22)31/h1-11,14-15H,12-13H2. The van der Waals surface area contributed by atoms with Gasteiger partial charge in [-0.15, -0.1) is 0 Å². The quantitative estimate of drug-likeness (QED) is 0.287. The Kier molecular flexibility index (Phi) is 2.74. The van der Waals surface area contributed by atoms with E-state index in [-0.39, 0.29) is 0 Å². The van der Waals surface area contributed by atoms with Crippen molar-refractivity contribution >= 4 is 27.5 Å². The molecule has 3 nitrogen and oxygen atoms in total. The molecular weight excluding hydrogens is 378 g/mol. The van der Waals surface area contributed by atoms with E-state index in [9.17, 15) is 0 Å². The molecule has 8 rings (SSSR count). The molecule has 3 heteroatoms. The zero-order chi connectivity index (χ0) is 20.1. The van der Waals surface area contributed by atoms with Crippen LogP contribution in [0.15, 0.2) is 79.3 Å². The molecule has 0 amide bonds. The number of rotatable bonds is 0. The van der Waals surface area contributed by atoms with Gasteiger partial charge in [-0.05, 0) is 81.6 Å². The zero-order valence-electron chi connectivity index (χ0n) is 16.8. The van der Waals surface area contributed by atoms with Gasteiger partial charge >= 0.3 is 0 Å². The number of nitrogens with zero attached hydrogens (tertiary/aromatic N) is 3. The van der Waals surface area contributed by atoms with Crippen LogP contribution in [-0.4, -0.2) is 14.4 Å². The largest absolute Gasteiger partial charge is 0.283 e. The average molecular weight is 395 g/mol. The third-order valence-corrected chi connectivity index (χ3v) is 7.13. The van der Waals surface area contributed by atoms with Crippen LogP contribution in [0.4, 0.5) is 0 Å². The molecule has 0 saturated carbocycles. The summed E-state index contributed by atoms with van der Waals surface area (Å²) in [5.41, 5.74) is 13.2. The van der Waals surface area contributed by atoms with Crippen LogP contribution >= 0.6 is 0 Å². The molecule has 0 N–H and O–H groups in total. The van der Waals surface area contributed by atoms with Crippen LogP contribution in [-0.2, 0) is 12.8 Å². The van der Waals surface area contributed by atoms with Crippen LogP contribution in [0, 0.1) is 0 Å². The molecule has 0 bridgehead atoms. The maximum Gasteiger partial charge on any atom is 0.146 e. The van der Waals surface area contributed by atoms with Crippen molar-refractivity contribution in [2.24, 2.45) is 0 Å². The average Bonchev–Trinajstić information content (AvgIpc) is 3.52. The molecule has 6 aromatic rings. The van der Waals surface area contributed by atoms with E-state index in [4.69, 9.17) is 4.98 Å². The molecule has 31 heavy (non-hydrogen) atoms. The second-order valence-electron chi connectivity index (χ2n) is 8.69. The fourth-order valence-corrected chi connectivity index (χ4v) is 5.84. The number of hydrogen-bond acceptors (Lipinski definition) is 2. The van der Waals surface area contributed by atoms with E-state index in [0.29, 0.717) is 0 Å². The summed E-state index contributed by atoms with van der Waals surface area (Å²) in [7, 11) is 0. The monoisotopic (exact) mass is 395 g/mol. The van der Waals surface area contributed by atoms with Gasteiger partial charge in [0.1, 0.15) is 11.3 Å². The van der Waals surface area contributed by atoms with Crippen molar-refractivity contribution in [3.8, 4) is 22.3 Å². The number of benzene rings is 3. The van der Waals surface area contributed by atoms with Crippen LogP contribution < -0.4 is 0 Å². The van der Waals surface area contributed by atoms with Gasteiger partial charge in [0, 0.05) is 34.7 Å². The van der Waals surface area contributed by atoms with E-state index in [2.05, 4.69) is 64.0 Å². The smallest absolute Gasteiger partial charge is 0.146 e. The van der Waals surface area contributed by atoms with E-state index >= 15 is 0 Å². The molecular formula is C28H17N3. The Labute approximate surface area is 178 Å². The summed E-state index contributed by atoms with van der Waals surface area (Å²) in [6, 6.07) is 22.5. The first-order valence-corrected chi connectivity index (χ1v) is 10.8. The summed E-state index contributed by atoms with van der Waals surface area (Å²) in [5.74, 6) is 0. The number of hydrogen-bond donors (Lipinski definition) is 0. The first-order valence-electron chi connectivity index (χ1n) is 10.8. The molecule has 3 aromatic carbocycles. The first-order chi connectivity index (χ1) is 15.4. The molecule has 144 valence electrons. The second-order valence-corrected chi connectivity index (χ2v) is 8.69. The van der Waals surface area contributed by atoms with Gasteiger partial charge in [0.15, 0.2) is 0 Å². The highest BCUT2D eigenvalue weighted by molar-refractivity contribution is 6.18. The van der Waals surface area contributed by atoms with Gasteiger partial charge in [-0.25, -0.2) is 9.97 Å². The highest BCUT2D eigenvalue weighted by Gasteiger charge is 2.27. The number of fused-ring (bicyclic) bond motifs is 13. The Morgan fingerprint density at radius 3 is 2.35 bits per heavy atom. The Morgan fingerprint density at radius 1 is 0.613 bits per heavy atom. The van der Waals surface area contributed by atoms with Gasteiger partial charge < -0.3 is 0 Å². The molecule has 2 aliphatic carbocycles. The summed E-state index contributed by atoms with van der Waals surface area (Å²) in [6.07, 6.45) is 7.75. The SMILES string of the molecule is c1ccc2c(c1)Cc1cc3c(cc1-2)Cc1ccc2c(c1-3)c1cccnc1n1ccnc21. The third kappa shape index (κ3) is 1.89. The van der Waals surface area contributed by atoms with Gasteiger partial charge in [-0.2, -0.15) is 0 Å². The molecule has 3 heterocycles. The highest BCUT2D eigenvalue weighted by Crippen LogP contribution is 2.48. The maximum atomic E-state index is 4.72. The van der Waals surface area contributed by atoms with Crippen molar-refractivity contribution in [1.29, 1.82) is 0 Å². The Bertz CT molecular complexity index is 1740. The highest BCUT2D eigenvalue weighted by atomic mass is 15.0. The zero-order valence-corrected chi connectivity index (χ0v) is 16.8. The second kappa shape index (κ2) is 5.38. The lowest BCUT2D eigenvalue weighted by atomic mass is 9.94. The first kappa shape index (κ1) is 15.8. The van der Waals surface area contributed by atoms with Gasteiger partial charge in [-0.1, -0.05) is 36.4 Å².